The van der Waals surface area contributed by atoms with Crippen LogP contribution in [0, 0.1) is 34.8 Å². The van der Waals surface area contributed by atoms with Crippen LogP contribution in [0.5, 0.6) is 5.75 Å². The van der Waals surface area contributed by atoms with Gasteiger partial charge in [-0.05, 0) is 100 Å². The molecule has 0 aromatic heterocycles. The molecule has 5 nitrogen and oxygen atoms in total. The van der Waals surface area contributed by atoms with Crippen LogP contribution in [0.25, 0.3) is 43.8 Å². The van der Waals surface area contributed by atoms with Crippen molar-refractivity contribution in [3.63, 3.8) is 0 Å². The molecule has 0 aliphatic carbocycles. The lowest BCUT2D eigenvalue weighted by Crippen LogP contribution is -2.17. The molecule has 7 heteroatoms. The molecule has 1 saturated heterocycles. The second kappa shape index (κ2) is 14.1. The monoisotopic (exact) mass is 665 g/mol. The molecule has 1 fully saturated rings. The minimum absolute atomic E-state index is 0.117. The van der Waals surface area contributed by atoms with Crippen molar-refractivity contribution in [2.45, 2.75) is 18.9 Å². The summed E-state index contributed by atoms with van der Waals surface area (Å²) in [6.45, 7) is 4.13. The van der Waals surface area contributed by atoms with Gasteiger partial charge in [0, 0.05) is 23.1 Å². The molecular weight excluding hydrogens is 632 g/mol. The summed E-state index contributed by atoms with van der Waals surface area (Å²) in [5.41, 5.74) is 4.32. The third-order valence-electron chi connectivity index (χ3n) is 8.86. The van der Waals surface area contributed by atoms with Crippen LogP contribution >= 0.6 is 0 Å². The van der Waals surface area contributed by atoms with Gasteiger partial charge in [-0.2, -0.15) is 5.26 Å². The van der Waals surface area contributed by atoms with Crippen molar-refractivity contribution in [2.24, 2.45) is 0 Å². The lowest BCUT2D eigenvalue weighted by Gasteiger charge is -2.12. The average molecular weight is 666 g/mol. The Labute approximate surface area is 289 Å². The van der Waals surface area contributed by atoms with Gasteiger partial charge in [-0.15, -0.1) is 0 Å². The van der Waals surface area contributed by atoms with Crippen molar-refractivity contribution in [1.29, 1.82) is 5.26 Å². The smallest absolute Gasteiger partial charge is 0.142 e. The van der Waals surface area contributed by atoms with E-state index in [1.54, 1.807) is 24.3 Å². The molecule has 0 saturated carbocycles. The zero-order valence-corrected chi connectivity index (χ0v) is 27.4. The molecule has 1 aliphatic heterocycles. The number of ether oxygens (including phenoxy) is 3. The number of halogens is 2. The Morgan fingerprint density at radius 3 is 2.22 bits per heavy atom. The molecule has 1 heterocycles. The molecule has 0 amide bonds. The Kier molecular flexibility index (Phi) is 9.30. The van der Waals surface area contributed by atoms with E-state index >= 15 is 8.78 Å². The summed E-state index contributed by atoms with van der Waals surface area (Å²) < 4.78 is 47.5. The summed E-state index contributed by atoms with van der Waals surface area (Å²) in [5, 5.41) is 22.6. The minimum Gasteiger partial charge on any atom is -0.491 e. The SMILES string of the molecule is CC1(COCCOc2ccc3c(C#N)c(-c4cc(F)c(C#Cc5ccc6cc(-c7ccc(CCO)cc7)ccc6c5)c(F)c4)ccc3c2)CO1. The Morgan fingerprint density at radius 2 is 1.48 bits per heavy atom. The first-order valence-electron chi connectivity index (χ1n) is 16.4. The predicted octanol–water partition coefficient (Wildman–Crippen LogP) is 8.60. The van der Waals surface area contributed by atoms with Gasteiger partial charge in [-0.3, -0.25) is 0 Å². The number of hydrogen-bond donors (Lipinski definition) is 1. The third kappa shape index (κ3) is 7.22. The fourth-order valence-corrected chi connectivity index (χ4v) is 5.95. The molecule has 7 rings (SSSR count). The van der Waals surface area contributed by atoms with Crippen LogP contribution in [0.15, 0.2) is 103 Å². The first-order chi connectivity index (χ1) is 24.3. The lowest BCUT2D eigenvalue weighted by molar-refractivity contribution is 0.0640. The highest BCUT2D eigenvalue weighted by molar-refractivity contribution is 5.95. The molecule has 0 radical (unpaired) electrons. The number of aliphatic hydroxyl groups is 1. The minimum atomic E-state index is -0.805. The van der Waals surface area contributed by atoms with E-state index in [-0.39, 0.29) is 23.3 Å². The quantitative estimate of drug-likeness (QED) is 0.0902. The van der Waals surface area contributed by atoms with Gasteiger partial charge >= 0.3 is 0 Å². The van der Waals surface area contributed by atoms with Crippen LogP contribution in [0.4, 0.5) is 8.78 Å². The number of nitriles is 1. The van der Waals surface area contributed by atoms with Crippen molar-refractivity contribution in [3.05, 3.63) is 137 Å². The van der Waals surface area contributed by atoms with Crippen molar-refractivity contribution >= 4 is 21.5 Å². The number of rotatable bonds is 10. The maximum absolute atomic E-state index is 15.4. The summed E-state index contributed by atoms with van der Waals surface area (Å²) >= 11 is 0. The van der Waals surface area contributed by atoms with Crippen molar-refractivity contribution in [2.75, 3.05) is 33.0 Å². The van der Waals surface area contributed by atoms with Crippen LogP contribution in [0.2, 0.25) is 0 Å². The van der Waals surface area contributed by atoms with Crippen LogP contribution in [0.1, 0.15) is 29.2 Å². The van der Waals surface area contributed by atoms with Gasteiger partial charge in [0.25, 0.3) is 0 Å². The van der Waals surface area contributed by atoms with E-state index in [0.717, 1.165) is 32.8 Å². The van der Waals surface area contributed by atoms with Gasteiger partial charge in [0.1, 0.15) is 35.7 Å². The standard InChI is InChI=1S/C43H33F2NO4/c1-43(27-50-43)26-48-18-19-49-36-12-15-37-34(22-36)11-14-38(40(37)25-46)35-23-41(44)39(42(45)24-35)13-5-29-4-8-33-21-32(10-9-31(33)20-29)30-6-2-28(3-7-30)16-17-47/h2-4,6-12,14-15,20-24,47H,16-19,26-27H2,1H3. The Bertz CT molecular complexity index is 2310. The van der Waals surface area contributed by atoms with Gasteiger partial charge in [-0.1, -0.05) is 66.4 Å². The van der Waals surface area contributed by atoms with Crippen LogP contribution in [-0.4, -0.2) is 43.7 Å². The van der Waals surface area contributed by atoms with E-state index < -0.39 is 11.6 Å². The highest BCUT2D eigenvalue weighted by Gasteiger charge is 2.39. The molecule has 0 bridgehead atoms. The third-order valence-corrected chi connectivity index (χ3v) is 8.86. The summed E-state index contributed by atoms with van der Waals surface area (Å²) in [7, 11) is 0. The van der Waals surface area contributed by atoms with Gasteiger partial charge in [0.2, 0.25) is 0 Å². The first-order valence-corrected chi connectivity index (χ1v) is 16.4. The summed E-state index contributed by atoms with van der Waals surface area (Å²) in [4.78, 5) is 0. The number of fused-ring (bicyclic) bond motifs is 2. The highest BCUT2D eigenvalue weighted by Crippen LogP contribution is 2.34. The number of benzene rings is 6. The zero-order chi connectivity index (χ0) is 34.7. The number of epoxide rings is 1. The molecule has 1 aliphatic rings. The van der Waals surface area contributed by atoms with E-state index in [1.165, 1.54) is 12.1 Å². The molecule has 0 spiro atoms. The van der Waals surface area contributed by atoms with E-state index in [1.807, 2.05) is 67.6 Å². The summed E-state index contributed by atoms with van der Waals surface area (Å²) in [6, 6.07) is 33.4. The molecule has 1 atom stereocenters. The second-order valence-electron chi connectivity index (χ2n) is 12.6. The molecule has 6 aromatic carbocycles. The zero-order valence-electron chi connectivity index (χ0n) is 27.4. The molecular formula is C43H33F2NO4. The Balaban J connectivity index is 1.08. The predicted molar refractivity (Wildman–Crippen MR) is 191 cm³/mol. The second-order valence-corrected chi connectivity index (χ2v) is 12.6. The van der Waals surface area contributed by atoms with E-state index in [0.29, 0.717) is 60.7 Å². The van der Waals surface area contributed by atoms with Crippen LogP contribution in [0.3, 0.4) is 0 Å². The van der Waals surface area contributed by atoms with Gasteiger partial charge in [0.15, 0.2) is 0 Å². The molecule has 1 unspecified atom stereocenters. The fourth-order valence-electron chi connectivity index (χ4n) is 5.95. The number of aliphatic hydroxyl groups excluding tert-OH is 1. The van der Waals surface area contributed by atoms with Gasteiger partial charge < -0.3 is 19.3 Å². The van der Waals surface area contributed by atoms with Crippen molar-refractivity contribution < 1.29 is 28.1 Å². The molecule has 248 valence electrons. The highest BCUT2D eigenvalue weighted by atomic mass is 19.1. The van der Waals surface area contributed by atoms with Crippen molar-refractivity contribution in [1.82, 2.24) is 0 Å². The van der Waals surface area contributed by atoms with Gasteiger partial charge in [-0.25, -0.2) is 8.78 Å². The van der Waals surface area contributed by atoms with Crippen LogP contribution < -0.4 is 4.74 Å². The summed E-state index contributed by atoms with van der Waals surface area (Å²) in [6.07, 6.45) is 0.623. The molecule has 1 N–H and O–H groups in total. The number of hydrogen-bond acceptors (Lipinski definition) is 5. The number of nitrogens with zero attached hydrogens (tertiary/aromatic N) is 1. The average Bonchev–Trinajstić information content (AvgIpc) is 3.87. The normalized spacial score (nSPS) is 15.0. The first kappa shape index (κ1) is 33.0. The maximum Gasteiger partial charge on any atom is 0.142 e. The van der Waals surface area contributed by atoms with E-state index in [4.69, 9.17) is 19.3 Å². The van der Waals surface area contributed by atoms with Gasteiger partial charge in [0.05, 0.1) is 30.9 Å². The molecule has 6 aromatic rings. The lowest BCUT2D eigenvalue weighted by atomic mass is 9.94. The molecule has 50 heavy (non-hydrogen) atoms. The van der Waals surface area contributed by atoms with E-state index in [9.17, 15) is 5.26 Å². The van der Waals surface area contributed by atoms with Crippen LogP contribution in [-0.2, 0) is 15.9 Å². The Morgan fingerprint density at radius 1 is 0.760 bits per heavy atom. The summed E-state index contributed by atoms with van der Waals surface area (Å²) in [5.74, 6) is 4.61. The van der Waals surface area contributed by atoms with Crippen molar-refractivity contribution in [3.8, 4) is 45.9 Å². The maximum atomic E-state index is 15.4. The topological polar surface area (TPSA) is 75.0 Å². The fraction of sp³-hybridized carbons (Fsp3) is 0.186. The largest absolute Gasteiger partial charge is 0.491 e. The Hall–Kier alpha value is -5.57. The van der Waals surface area contributed by atoms with E-state index in [2.05, 4.69) is 24.0 Å².